The molecule has 3 heterocycles. The number of carbonyl (C=O) groups excluding carboxylic acids is 2. The molecule has 33 heavy (non-hydrogen) atoms. The summed E-state index contributed by atoms with van der Waals surface area (Å²) in [6.07, 6.45) is 0.793. The molecule has 1 saturated heterocycles. The van der Waals surface area contributed by atoms with Crippen molar-refractivity contribution in [1.29, 1.82) is 0 Å². The minimum atomic E-state index is -1.17. The molecule has 2 aliphatic heterocycles. The minimum Gasteiger partial charge on any atom is -0.480 e. The van der Waals surface area contributed by atoms with Gasteiger partial charge in [0.2, 0.25) is 11.8 Å². The predicted molar refractivity (Wildman–Crippen MR) is 124 cm³/mol. The number of nitrogens with zero attached hydrogens (tertiary/aromatic N) is 2. The van der Waals surface area contributed by atoms with Crippen molar-refractivity contribution in [3.05, 3.63) is 44.4 Å². The van der Waals surface area contributed by atoms with E-state index in [2.05, 4.69) is 29.2 Å². The molecule has 2 amide bonds. The summed E-state index contributed by atoms with van der Waals surface area (Å²) >= 11 is 2.87. The molecular weight excluding hydrogens is 462 g/mol. The Morgan fingerprint density at radius 1 is 1.12 bits per heavy atom. The van der Waals surface area contributed by atoms with E-state index >= 15 is 0 Å². The van der Waals surface area contributed by atoms with Crippen LogP contribution in [0, 0.1) is 29.6 Å². The fraction of sp³-hybridized carbons (Fsp3) is 0.478. The van der Waals surface area contributed by atoms with Gasteiger partial charge in [-0.1, -0.05) is 23.5 Å². The van der Waals surface area contributed by atoms with Gasteiger partial charge >= 0.3 is 10.8 Å². The molecular formula is C23H23N3O5S2. The molecule has 172 valence electrons. The number of benzene rings is 1. The molecule has 1 aromatic heterocycles. The molecule has 0 radical (unpaired) electrons. The molecule has 2 bridgehead atoms. The van der Waals surface area contributed by atoms with Gasteiger partial charge in [0.25, 0.3) is 0 Å². The summed E-state index contributed by atoms with van der Waals surface area (Å²) in [6, 6.07) is 8.33. The Morgan fingerprint density at radius 2 is 1.79 bits per heavy atom. The van der Waals surface area contributed by atoms with Gasteiger partial charge in [-0.2, -0.15) is 0 Å². The van der Waals surface area contributed by atoms with Gasteiger partial charge in [-0.25, -0.2) is 0 Å². The Kier molecular flexibility index (Phi) is 4.58. The Bertz CT molecular complexity index is 1240. The zero-order valence-electron chi connectivity index (χ0n) is 18.1. The normalized spacial score (nSPS) is 33.8. The van der Waals surface area contributed by atoms with E-state index in [0.717, 1.165) is 32.5 Å². The maximum atomic E-state index is 13.2. The lowest BCUT2D eigenvalue weighted by Crippen LogP contribution is -2.42. The number of carboxylic acids is 1. The van der Waals surface area contributed by atoms with Crippen molar-refractivity contribution >= 4 is 46.6 Å². The van der Waals surface area contributed by atoms with E-state index in [1.165, 1.54) is 11.3 Å². The highest BCUT2D eigenvalue weighted by Crippen LogP contribution is 2.68. The summed E-state index contributed by atoms with van der Waals surface area (Å²) in [5.74, 6) is -2.65. The number of thioether (sulfide) groups is 1. The van der Waals surface area contributed by atoms with Gasteiger partial charge in [0.1, 0.15) is 6.54 Å². The molecule has 3 fully saturated rings. The van der Waals surface area contributed by atoms with Crippen molar-refractivity contribution in [2.24, 2.45) is 29.6 Å². The van der Waals surface area contributed by atoms with Crippen molar-refractivity contribution in [2.75, 3.05) is 25.5 Å². The predicted octanol–water partition coefficient (Wildman–Crippen LogP) is 2.06. The molecule has 0 spiro atoms. The summed E-state index contributed by atoms with van der Waals surface area (Å²) in [6.45, 7) is -0.567. The SMILES string of the molecule is CN(C)c1ccc([C@H]2c3sc(=O)[nH]c3S[C@@H]3[C@@H]4C[C@H]([C@H]5C(=O)N(CC(=O)O)C(=O)[C@H]45)[C@H]23)cc1. The highest BCUT2D eigenvalue weighted by Gasteiger charge is 2.69. The number of aromatic amines is 1. The molecule has 10 heteroatoms. The molecule has 6 rings (SSSR count). The van der Waals surface area contributed by atoms with E-state index < -0.39 is 24.3 Å². The van der Waals surface area contributed by atoms with Gasteiger partial charge in [0, 0.05) is 35.8 Å². The Hall–Kier alpha value is -2.59. The third kappa shape index (κ3) is 2.89. The lowest BCUT2D eigenvalue weighted by Gasteiger charge is -2.43. The number of amides is 2. The quantitative estimate of drug-likeness (QED) is 0.638. The second-order valence-corrected chi connectivity index (χ2v) is 11.8. The molecule has 8 nitrogen and oxygen atoms in total. The van der Waals surface area contributed by atoms with Crippen LogP contribution in [0.5, 0.6) is 0 Å². The van der Waals surface area contributed by atoms with Gasteiger partial charge in [-0.15, -0.1) is 11.8 Å². The second-order valence-electron chi connectivity index (χ2n) is 9.60. The van der Waals surface area contributed by atoms with Crippen LogP contribution >= 0.6 is 23.1 Å². The maximum absolute atomic E-state index is 13.2. The molecule has 2 saturated carbocycles. The van der Waals surface area contributed by atoms with Crippen molar-refractivity contribution in [3.63, 3.8) is 0 Å². The van der Waals surface area contributed by atoms with E-state index in [4.69, 9.17) is 0 Å². The number of hydrogen-bond acceptors (Lipinski definition) is 7. The molecule has 2 N–H and O–H groups in total. The highest BCUT2D eigenvalue weighted by atomic mass is 32.2. The number of carbonyl (C=O) groups is 3. The molecule has 1 aromatic carbocycles. The van der Waals surface area contributed by atoms with Crippen LogP contribution in [0.2, 0.25) is 0 Å². The minimum absolute atomic E-state index is 0.00313. The number of carboxylic acid groups (broad SMARTS) is 1. The van der Waals surface area contributed by atoms with Crippen LogP contribution in [0.3, 0.4) is 0 Å². The van der Waals surface area contributed by atoms with Gasteiger partial charge in [0.05, 0.1) is 16.9 Å². The van der Waals surface area contributed by atoms with Crippen LogP contribution in [-0.4, -0.2) is 58.7 Å². The first-order valence-corrected chi connectivity index (χ1v) is 12.7. The summed E-state index contributed by atoms with van der Waals surface area (Å²) in [4.78, 5) is 56.7. The Balaban J connectivity index is 1.43. The van der Waals surface area contributed by atoms with Gasteiger partial charge < -0.3 is 15.0 Å². The van der Waals surface area contributed by atoms with Gasteiger partial charge in [-0.05, 0) is 41.9 Å². The lowest BCUT2D eigenvalue weighted by molar-refractivity contribution is -0.149. The van der Waals surface area contributed by atoms with E-state index in [1.807, 2.05) is 19.0 Å². The number of thiazole rings is 1. The smallest absolute Gasteiger partial charge is 0.323 e. The van der Waals surface area contributed by atoms with E-state index in [9.17, 15) is 24.3 Å². The number of rotatable bonds is 4. The van der Waals surface area contributed by atoms with E-state index in [-0.39, 0.29) is 45.6 Å². The van der Waals surface area contributed by atoms with Crippen molar-refractivity contribution in [1.82, 2.24) is 9.88 Å². The van der Waals surface area contributed by atoms with Crippen LogP contribution < -0.4 is 9.77 Å². The summed E-state index contributed by atoms with van der Waals surface area (Å²) in [5, 5.41) is 10.2. The average molecular weight is 486 g/mol. The van der Waals surface area contributed by atoms with Crippen molar-refractivity contribution < 1.29 is 19.5 Å². The van der Waals surface area contributed by atoms with Crippen LogP contribution in [0.15, 0.2) is 34.1 Å². The number of imide groups is 1. The largest absolute Gasteiger partial charge is 0.480 e. The maximum Gasteiger partial charge on any atom is 0.323 e. The van der Waals surface area contributed by atoms with Crippen LogP contribution in [0.25, 0.3) is 0 Å². The van der Waals surface area contributed by atoms with E-state index in [0.29, 0.717) is 0 Å². The topological polar surface area (TPSA) is 111 Å². The number of hydrogen-bond donors (Lipinski definition) is 2. The zero-order valence-corrected chi connectivity index (χ0v) is 19.7. The Labute approximate surface area is 198 Å². The average Bonchev–Trinajstić information content (AvgIpc) is 3.49. The fourth-order valence-electron chi connectivity index (χ4n) is 6.72. The van der Waals surface area contributed by atoms with Crippen LogP contribution in [0.4, 0.5) is 5.69 Å². The molecule has 4 aliphatic rings. The highest BCUT2D eigenvalue weighted by molar-refractivity contribution is 8.00. The monoisotopic (exact) mass is 485 g/mol. The number of nitrogens with one attached hydrogen (secondary N) is 1. The first-order chi connectivity index (χ1) is 15.8. The number of fused-ring (bicyclic) bond motifs is 9. The molecule has 0 unspecified atom stereocenters. The number of aliphatic carboxylic acids is 1. The third-order valence-corrected chi connectivity index (χ3v) is 10.5. The summed E-state index contributed by atoms with van der Waals surface area (Å²) < 4.78 is 0. The summed E-state index contributed by atoms with van der Waals surface area (Å²) in [5.41, 5.74) is 2.19. The number of likely N-dealkylation sites (tertiary alicyclic amines) is 1. The third-order valence-electron chi connectivity index (χ3n) is 7.88. The zero-order chi connectivity index (χ0) is 23.2. The molecule has 7 atom stereocenters. The standard InChI is InChI=1S/C23H23N3O5S2/c1-25(2)10-5-3-9(4-6-10)14-15-11-7-12(18(15)32-20-19(14)33-23(31)24-20)17-16(11)21(29)26(22(17)30)8-13(27)28/h3-6,11-12,14-18H,7-8H2,1-2H3,(H,24,31)(H,27,28)/t11-,12+,14+,15+,16+,17+,18+/m0/s1. The first kappa shape index (κ1) is 21.0. The number of anilines is 1. The lowest BCUT2D eigenvalue weighted by atomic mass is 9.68. The van der Waals surface area contributed by atoms with Crippen molar-refractivity contribution in [2.45, 2.75) is 22.6 Å². The molecule has 2 aliphatic carbocycles. The van der Waals surface area contributed by atoms with Crippen LogP contribution in [-0.2, 0) is 14.4 Å². The van der Waals surface area contributed by atoms with Gasteiger partial charge in [0.15, 0.2) is 0 Å². The molecule has 2 aromatic rings. The van der Waals surface area contributed by atoms with Crippen LogP contribution in [0.1, 0.15) is 22.8 Å². The second kappa shape index (κ2) is 7.20. The number of H-pyrrole nitrogens is 1. The van der Waals surface area contributed by atoms with Crippen molar-refractivity contribution in [3.8, 4) is 0 Å². The summed E-state index contributed by atoms with van der Waals surface area (Å²) in [7, 11) is 3.97. The van der Waals surface area contributed by atoms with Gasteiger partial charge in [-0.3, -0.25) is 24.1 Å². The fourth-order valence-corrected chi connectivity index (χ4v) is 9.61. The van der Waals surface area contributed by atoms with E-state index in [1.54, 1.807) is 11.8 Å². The first-order valence-electron chi connectivity index (χ1n) is 11.0. The Morgan fingerprint density at radius 3 is 2.42 bits per heavy atom. The number of aromatic nitrogens is 1.